The predicted molar refractivity (Wildman–Crippen MR) is 136 cm³/mol. The number of nitrogens with zero attached hydrogens (tertiary/aromatic N) is 1. The average Bonchev–Trinajstić information content (AvgIpc) is 3.37. The zero-order chi connectivity index (χ0) is 25.3. The van der Waals surface area contributed by atoms with Crippen LogP contribution in [-0.2, 0) is 10.0 Å². The van der Waals surface area contributed by atoms with E-state index in [0.717, 1.165) is 0 Å². The highest BCUT2D eigenvalue weighted by Gasteiger charge is 2.27. The lowest BCUT2D eigenvalue weighted by molar-refractivity contribution is 0.100. The lowest BCUT2D eigenvalue weighted by atomic mass is 9.95. The zero-order valence-electron chi connectivity index (χ0n) is 18.6. The maximum absolute atomic E-state index is 12.5. The van der Waals surface area contributed by atoms with Gasteiger partial charge >= 0.3 is 0 Å². The lowest BCUT2D eigenvalue weighted by Gasteiger charge is -2.18. The number of para-hydroxylation sites is 1. The number of hydrogen-bond acceptors (Lipinski definition) is 10. The maximum Gasteiger partial charge on any atom is 0.250 e. The van der Waals surface area contributed by atoms with Crippen molar-refractivity contribution in [2.24, 2.45) is 33.3 Å². The summed E-state index contributed by atoms with van der Waals surface area (Å²) in [6, 6.07) is 7.74. The van der Waals surface area contributed by atoms with E-state index in [1.807, 2.05) is 5.53 Å². The summed E-state index contributed by atoms with van der Waals surface area (Å²) >= 11 is 1.19. The highest BCUT2D eigenvalue weighted by Crippen LogP contribution is 2.38. The maximum atomic E-state index is 12.5. The minimum atomic E-state index is -4.25. The number of rotatable bonds is 8. The second-order valence-electron chi connectivity index (χ2n) is 7.21. The number of hydrogen-bond donors (Lipinski definition) is 8. The molecule has 1 aliphatic heterocycles. The van der Waals surface area contributed by atoms with Crippen LogP contribution in [0.3, 0.4) is 0 Å². The predicted octanol–water partition coefficient (Wildman–Crippen LogP) is -0.814. The summed E-state index contributed by atoms with van der Waals surface area (Å²) in [7, 11) is -4.25. The number of benzene rings is 2. The van der Waals surface area contributed by atoms with Crippen LogP contribution >= 0.6 is 11.8 Å². The Kier molecular flexibility index (Phi) is 10.1. The SMILES string of the molecule is C1CCNC1.NCCSc1ccc(-c2cccc(C(N)=O)c2N)c(/C(N)=N/NN)c1S(N)(=O)=O. The van der Waals surface area contributed by atoms with E-state index in [-0.39, 0.29) is 33.1 Å². The summed E-state index contributed by atoms with van der Waals surface area (Å²) < 4.78 is 24.9. The van der Waals surface area contributed by atoms with Crippen LogP contribution < -0.4 is 44.8 Å². The second-order valence-corrected chi connectivity index (χ2v) is 9.85. The number of amidine groups is 1. The van der Waals surface area contributed by atoms with E-state index in [4.69, 9.17) is 33.9 Å². The first kappa shape index (κ1) is 27.4. The Hall–Kier alpha value is -2.88. The van der Waals surface area contributed by atoms with Crippen molar-refractivity contribution in [2.45, 2.75) is 22.6 Å². The van der Waals surface area contributed by atoms with Gasteiger partial charge < -0.3 is 28.3 Å². The van der Waals surface area contributed by atoms with E-state index >= 15 is 0 Å². The molecule has 0 unspecified atom stereocenters. The van der Waals surface area contributed by atoms with Crippen molar-refractivity contribution in [3.63, 3.8) is 0 Å². The van der Waals surface area contributed by atoms with Crippen LogP contribution in [-0.4, -0.2) is 45.5 Å². The van der Waals surface area contributed by atoms with Gasteiger partial charge in [-0.3, -0.25) is 4.79 Å². The summed E-state index contributed by atoms with van der Waals surface area (Å²) in [5.41, 5.74) is 25.8. The molecule has 0 saturated carbocycles. The molecule has 0 bridgehead atoms. The molecule has 0 atom stereocenters. The topological polar surface area (TPSA) is 244 Å². The summed E-state index contributed by atoms with van der Waals surface area (Å²) in [5.74, 6) is 4.68. The Labute approximate surface area is 202 Å². The van der Waals surface area contributed by atoms with E-state index < -0.39 is 15.9 Å². The third kappa shape index (κ3) is 6.82. The Morgan fingerprint density at radius 3 is 2.29 bits per heavy atom. The molecule has 3 rings (SSSR count). The number of amides is 1. The number of primary amides is 1. The van der Waals surface area contributed by atoms with Crippen LogP contribution in [0.2, 0.25) is 0 Å². The Balaban J connectivity index is 0.000000720. The molecule has 14 heteroatoms. The molecular formula is C20H31N9O3S2. The first-order valence-corrected chi connectivity index (χ1v) is 12.9. The Morgan fingerprint density at radius 1 is 1.12 bits per heavy atom. The number of carbonyl (C=O) groups excluding carboxylic acids is 1. The molecule has 34 heavy (non-hydrogen) atoms. The molecular weight excluding hydrogens is 478 g/mol. The fourth-order valence-electron chi connectivity index (χ4n) is 3.37. The Bertz CT molecular complexity index is 1140. The molecule has 0 radical (unpaired) electrons. The fraction of sp³-hybridized carbons (Fsp3) is 0.300. The molecule has 12 nitrogen and oxygen atoms in total. The Morgan fingerprint density at radius 2 is 1.79 bits per heavy atom. The smallest absolute Gasteiger partial charge is 0.250 e. The molecule has 0 aliphatic carbocycles. The van der Waals surface area contributed by atoms with E-state index in [1.54, 1.807) is 24.3 Å². The number of nitrogen functional groups attached to an aromatic ring is 1. The van der Waals surface area contributed by atoms with Gasteiger partial charge in [0.2, 0.25) is 10.0 Å². The largest absolute Gasteiger partial charge is 0.398 e. The zero-order valence-corrected chi connectivity index (χ0v) is 20.2. The second kappa shape index (κ2) is 12.5. The monoisotopic (exact) mass is 509 g/mol. The number of sulfonamides is 1. The molecule has 1 fully saturated rings. The molecule has 2 aromatic carbocycles. The first-order valence-electron chi connectivity index (χ1n) is 10.3. The lowest BCUT2D eigenvalue weighted by Crippen LogP contribution is -2.27. The van der Waals surface area contributed by atoms with Gasteiger partial charge in [0.25, 0.3) is 5.91 Å². The van der Waals surface area contributed by atoms with E-state index in [9.17, 15) is 13.2 Å². The number of carbonyl (C=O) groups is 1. The molecule has 14 N–H and O–H groups in total. The van der Waals surface area contributed by atoms with E-state index in [2.05, 4.69) is 10.4 Å². The standard InChI is InChI=1S/C16H22N8O3S2.C4H9N/c17-6-7-28-11-5-4-8(9-2-1-3-10(13(9)18)16(20)25)12(15(19)23-24-21)14(11)29(22,26)27;1-2-4-5-3-1/h1-5,24H,6-7,17-18,21H2,(H2,19,23)(H2,20,25)(H2,22,26,27);5H,1-4H2. The van der Waals surface area contributed by atoms with Crippen LogP contribution in [0.5, 0.6) is 0 Å². The molecule has 1 heterocycles. The third-order valence-corrected chi connectivity index (χ3v) is 7.05. The first-order chi connectivity index (χ1) is 16.1. The van der Waals surface area contributed by atoms with Gasteiger partial charge in [-0.05, 0) is 43.6 Å². The number of hydrazone groups is 1. The molecule has 1 aliphatic rings. The average molecular weight is 510 g/mol. The van der Waals surface area contributed by atoms with Gasteiger partial charge in [0.05, 0.1) is 11.3 Å². The van der Waals surface area contributed by atoms with Crippen molar-refractivity contribution in [3.05, 3.63) is 41.5 Å². The fourth-order valence-corrected chi connectivity index (χ4v) is 5.48. The van der Waals surface area contributed by atoms with Crippen molar-refractivity contribution in [1.29, 1.82) is 0 Å². The summed E-state index contributed by atoms with van der Waals surface area (Å²) in [4.78, 5) is 11.7. The van der Waals surface area contributed by atoms with E-state index in [0.29, 0.717) is 22.8 Å². The van der Waals surface area contributed by atoms with Crippen molar-refractivity contribution >= 4 is 39.2 Å². The molecule has 1 saturated heterocycles. The van der Waals surface area contributed by atoms with Crippen molar-refractivity contribution < 1.29 is 13.2 Å². The van der Waals surface area contributed by atoms with Gasteiger partial charge in [-0.25, -0.2) is 24.9 Å². The van der Waals surface area contributed by atoms with Crippen molar-refractivity contribution in [2.75, 3.05) is 31.1 Å². The van der Waals surface area contributed by atoms with Crippen LogP contribution in [0.4, 0.5) is 5.69 Å². The quantitative estimate of drug-likeness (QED) is 0.0549. The minimum Gasteiger partial charge on any atom is -0.398 e. The normalized spacial score (nSPS) is 13.8. The van der Waals surface area contributed by atoms with Crippen LogP contribution in [0, 0.1) is 0 Å². The molecule has 1 amide bonds. The van der Waals surface area contributed by atoms with Crippen LogP contribution in [0.25, 0.3) is 11.1 Å². The van der Waals surface area contributed by atoms with Gasteiger partial charge in [0.1, 0.15) is 4.90 Å². The van der Waals surface area contributed by atoms with Gasteiger partial charge in [0.15, 0.2) is 5.84 Å². The van der Waals surface area contributed by atoms with Crippen LogP contribution in [0.1, 0.15) is 28.8 Å². The number of thioether (sulfide) groups is 1. The van der Waals surface area contributed by atoms with Gasteiger partial charge in [0, 0.05) is 28.3 Å². The summed E-state index contributed by atoms with van der Waals surface area (Å²) in [6.07, 6.45) is 2.78. The third-order valence-electron chi connectivity index (χ3n) is 4.84. The minimum absolute atomic E-state index is 0.0132. The molecule has 2 aromatic rings. The van der Waals surface area contributed by atoms with Gasteiger partial charge in [-0.15, -0.1) is 16.9 Å². The number of primary sulfonamides is 1. The highest BCUT2D eigenvalue weighted by atomic mass is 32.2. The number of nitrogens with one attached hydrogen (secondary N) is 2. The van der Waals surface area contributed by atoms with Gasteiger partial charge in [-0.2, -0.15) is 0 Å². The van der Waals surface area contributed by atoms with Crippen molar-refractivity contribution in [3.8, 4) is 11.1 Å². The van der Waals surface area contributed by atoms with E-state index in [1.165, 1.54) is 43.8 Å². The van der Waals surface area contributed by atoms with Gasteiger partial charge in [-0.1, -0.05) is 18.2 Å². The highest BCUT2D eigenvalue weighted by molar-refractivity contribution is 8.00. The summed E-state index contributed by atoms with van der Waals surface area (Å²) in [6.45, 7) is 2.81. The number of nitrogens with two attached hydrogens (primary N) is 6. The molecule has 0 aromatic heterocycles. The van der Waals surface area contributed by atoms with Crippen LogP contribution in [0.15, 0.2) is 45.2 Å². The number of hydrazine groups is 1. The summed E-state index contributed by atoms with van der Waals surface area (Å²) in [5, 5.41) is 12.4. The molecule has 0 spiro atoms. The van der Waals surface area contributed by atoms with Crippen molar-refractivity contribution in [1.82, 2.24) is 10.9 Å². The number of anilines is 1. The molecule has 186 valence electrons.